The van der Waals surface area contributed by atoms with Crippen molar-refractivity contribution in [2.75, 3.05) is 19.6 Å². The summed E-state index contributed by atoms with van der Waals surface area (Å²) in [6.45, 7) is 6.21. The monoisotopic (exact) mass is 572 g/mol. The van der Waals surface area contributed by atoms with Gasteiger partial charge in [0.1, 0.15) is 18.2 Å². The average molecular weight is 573 g/mol. The minimum atomic E-state index is 0.164. The molecule has 1 aliphatic rings. The molecule has 0 spiro atoms. The molecule has 1 fully saturated rings. The number of hydrogen-bond acceptors (Lipinski definition) is 4. The van der Waals surface area contributed by atoms with Gasteiger partial charge in [-0.3, -0.25) is 4.79 Å². The third kappa shape index (κ3) is 8.11. The molecule has 5 rings (SSSR count). The van der Waals surface area contributed by atoms with Gasteiger partial charge in [-0.1, -0.05) is 60.5 Å². The Labute approximate surface area is 248 Å². The summed E-state index contributed by atoms with van der Waals surface area (Å²) in [7, 11) is 0. The summed E-state index contributed by atoms with van der Waals surface area (Å²) in [6.07, 6.45) is 7.05. The second kappa shape index (κ2) is 14.5. The molecule has 3 aromatic carbocycles. The van der Waals surface area contributed by atoms with Crippen molar-refractivity contribution >= 4 is 28.5 Å². The predicted octanol–water partition coefficient (Wildman–Crippen LogP) is 6.96. The number of likely N-dealkylation sites (tertiary alicyclic amines) is 1. The number of benzene rings is 3. The zero-order valence-corrected chi connectivity index (χ0v) is 24.8. The first-order valence-corrected chi connectivity index (χ1v) is 15.3. The van der Waals surface area contributed by atoms with E-state index in [1.807, 2.05) is 42.5 Å². The van der Waals surface area contributed by atoms with Gasteiger partial charge in [0.05, 0.1) is 11.0 Å². The molecule has 216 valence electrons. The summed E-state index contributed by atoms with van der Waals surface area (Å²) in [5.41, 5.74) is 4.62. The lowest BCUT2D eigenvalue weighted by atomic mass is 9.97. The fourth-order valence-corrected chi connectivity index (χ4v) is 5.99. The lowest BCUT2D eigenvalue weighted by molar-refractivity contribution is -0.121. The molecule has 0 aliphatic carbocycles. The molecule has 41 heavy (non-hydrogen) atoms. The first-order valence-electron chi connectivity index (χ1n) is 14.9. The zero-order valence-electron chi connectivity index (χ0n) is 24.0. The molecule has 1 N–H and O–H groups in total. The fraction of sp³-hybridized carbons (Fsp3) is 0.412. The van der Waals surface area contributed by atoms with Gasteiger partial charge < -0.3 is 19.5 Å². The van der Waals surface area contributed by atoms with Crippen LogP contribution in [0.4, 0.5) is 0 Å². The number of nitrogens with zero attached hydrogens (tertiary/aromatic N) is 3. The normalized spacial score (nSPS) is 15.7. The Morgan fingerprint density at radius 2 is 1.85 bits per heavy atom. The molecule has 1 saturated heterocycles. The van der Waals surface area contributed by atoms with Gasteiger partial charge in [-0.2, -0.15) is 0 Å². The van der Waals surface area contributed by atoms with E-state index in [1.165, 1.54) is 30.4 Å². The standard InChI is InChI=1S/C34H41ClN4O2/c1-26-9-7-13-31-34(26)37-32(25-41-30-17-14-28(35)15-18-30)39(31)24-8-23-38-22-6-5-12-29(38)16-19-33(40)36-21-20-27-10-3-2-4-11-27/h2-4,7,9-11,13-15,17-18,29H,5-6,8,12,16,19-25H2,1H3,(H,36,40). The molecule has 1 amide bonds. The molecule has 0 bridgehead atoms. The zero-order chi connectivity index (χ0) is 28.4. The molecule has 1 aliphatic heterocycles. The van der Waals surface area contributed by atoms with Crippen LogP contribution in [0.25, 0.3) is 11.0 Å². The van der Waals surface area contributed by atoms with Crippen molar-refractivity contribution in [1.82, 2.24) is 19.8 Å². The Kier molecular flexibility index (Phi) is 10.3. The van der Waals surface area contributed by atoms with E-state index in [9.17, 15) is 4.79 Å². The molecule has 0 saturated carbocycles. The van der Waals surface area contributed by atoms with Crippen molar-refractivity contribution in [3.05, 3.63) is 94.8 Å². The SMILES string of the molecule is Cc1cccc2c1nc(COc1ccc(Cl)cc1)n2CCCN1CCCCC1CCC(=O)NCCc1ccccc1. The molecular weight excluding hydrogens is 532 g/mol. The smallest absolute Gasteiger partial charge is 0.220 e. The molecule has 6 nitrogen and oxygen atoms in total. The van der Waals surface area contributed by atoms with Crippen LogP contribution in [0, 0.1) is 6.92 Å². The fourth-order valence-electron chi connectivity index (χ4n) is 5.86. The average Bonchev–Trinajstić information content (AvgIpc) is 3.35. The van der Waals surface area contributed by atoms with Crippen LogP contribution in [-0.4, -0.2) is 46.0 Å². The summed E-state index contributed by atoms with van der Waals surface area (Å²) in [4.78, 5) is 20.1. The van der Waals surface area contributed by atoms with Crippen molar-refractivity contribution in [1.29, 1.82) is 0 Å². The largest absolute Gasteiger partial charge is 0.486 e. The van der Waals surface area contributed by atoms with Crippen LogP contribution < -0.4 is 10.1 Å². The number of ether oxygens (including phenoxy) is 1. The van der Waals surface area contributed by atoms with Crippen LogP contribution in [0.5, 0.6) is 5.75 Å². The van der Waals surface area contributed by atoms with E-state index in [-0.39, 0.29) is 5.91 Å². The minimum Gasteiger partial charge on any atom is -0.486 e. The molecule has 4 aromatic rings. The van der Waals surface area contributed by atoms with Crippen LogP contribution in [-0.2, 0) is 24.4 Å². The summed E-state index contributed by atoms with van der Waals surface area (Å²) < 4.78 is 8.40. The number of aryl methyl sites for hydroxylation is 2. The highest BCUT2D eigenvalue weighted by atomic mass is 35.5. The van der Waals surface area contributed by atoms with Gasteiger partial charge >= 0.3 is 0 Å². The van der Waals surface area contributed by atoms with Gasteiger partial charge in [-0.05, 0) is 87.0 Å². The van der Waals surface area contributed by atoms with Gasteiger partial charge in [-0.15, -0.1) is 0 Å². The third-order valence-corrected chi connectivity index (χ3v) is 8.35. The number of piperidine rings is 1. The first-order chi connectivity index (χ1) is 20.1. The maximum Gasteiger partial charge on any atom is 0.220 e. The maximum absolute atomic E-state index is 12.6. The third-order valence-electron chi connectivity index (χ3n) is 8.10. The van der Waals surface area contributed by atoms with Crippen molar-refractivity contribution in [2.45, 2.75) is 71.1 Å². The van der Waals surface area contributed by atoms with Gasteiger partial charge in [0, 0.05) is 37.1 Å². The maximum atomic E-state index is 12.6. The number of imidazole rings is 1. The topological polar surface area (TPSA) is 59.4 Å². The first kappa shape index (κ1) is 29.2. The Morgan fingerprint density at radius 1 is 1.02 bits per heavy atom. The molecule has 7 heteroatoms. The number of nitrogens with one attached hydrogen (secondary N) is 1. The molecule has 1 atom stereocenters. The Morgan fingerprint density at radius 3 is 2.68 bits per heavy atom. The van der Waals surface area contributed by atoms with Crippen LogP contribution in [0.2, 0.25) is 5.02 Å². The second-order valence-electron chi connectivity index (χ2n) is 11.0. The number of carbonyl (C=O) groups excluding carboxylic acids is 1. The summed E-state index contributed by atoms with van der Waals surface area (Å²) in [5.74, 6) is 1.88. The number of hydrogen-bond donors (Lipinski definition) is 1. The van der Waals surface area contributed by atoms with Crippen molar-refractivity contribution in [2.24, 2.45) is 0 Å². The van der Waals surface area contributed by atoms with E-state index in [4.69, 9.17) is 21.3 Å². The summed E-state index contributed by atoms with van der Waals surface area (Å²) in [6, 6.07) is 24.6. The number of aromatic nitrogens is 2. The summed E-state index contributed by atoms with van der Waals surface area (Å²) >= 11 is 6.04. The number of carbonyl (C=O) groups is 1. The summed E-state index contributed by atoms with van der Waals surface area (Å²) in [5, 5.41) is 3.81. The van der Waals surface area contributed by atoms with Crippen LogP contribution >= 0.6 is 11.6 Å². The molecule has 2 heterocycles. The van der Waals surface area contributed by atoms with E-state index in [0.717, 1.165) is 61.5 Å². The number of fused-ring (bicyclic) bond motifs is 1. The van der Waals surface area contributed by atoms with E-state index in [2.05, 4.69) is 52.0 Å². The van der Waals surface area contributed by atoms with E-state index >= 15 is 0 Å². The van der Waals surface area contributed by atoms with Gasteiger partial charge in [0.2, 0.25) is 5.91 Å². The highest BCUT2D eigenvalue weighted by Crippen LogP contribution is 2.24. The number of rotatable bonds is 13. The molecule has 0 radical (unpaired) electrons. The van der Waals surface area contributed by atoms with Gasteiger partial charge in [0.25, 0.3) is 0 Å². The Balaban J connectivity index is 1.14. The number of halogens is 1. The van der Waals surface area contributed by atoms with E-state index in [0.29, 0.717) is 30.6 Å². The van der Waals surface area contributed by atoms with Crippen molar-refractivity contribution < 1.29 is 9.53 Å². The molecular formula is C34H41ClN4O2. The Bertz CT molecular complexity index is 1400. The minimum absolute atomic E-state index is 0.164. The van der Waals surface area contributed by atoms with Gasteiger partial charge in [0.15, 0.2) is 0 Å². The quantitative estimate of drug-likeness (QED) is 0.188. The van der Waals surface area contributed by atoms with Crippen molar-refractivity contribution in [3.63, 3.8) is 0 Å². The van der Waals surface area contributed by atoms with Gasteiger partial charge in [-0.25, -0.2) is 4.98 Å². The van der Waals surface area contributed by atoms with E-state index in [1.54, 1.807) is 0 Å². The number of amides is 1. The lowest BCUT2D eigenvalue weighted by Crippen LogP contribution is -2.41. The Hall–Kier alpha value is -3.35. The van der Waals surface area contributed by atoms with E-state index < -0.39 is 0 Å². The molecule has 1 unspecified atom stereocenters. The van der Waals surface area contributed by atoms with Crippen LogP contribution in [0.1, 0.15) is 55.5 Å². The predicted molar refractivity (Wildman–Crippen MR) is 166 cm³/mol. The van der Waals surface area contributed by atoms with Crippen LogP contribution in [0.15, 0.2) is 72.8 Å². The second-order valence-corrected chi connectivity index (χ2v) is 11.5. The highest BCUT2D eigenvalue weighted by Gasteiger charge is 2.23. The lowest BCUT2D eigenvalue weighted by Gasteiger charge is -2.36. The highest BCUT2D eigenvalue weighted by molar-refractivity contribution is 6.30. The number of para-hydroxylation sites is 1. The molecule has 1 aromatic heterocycles. The van der Waals surface area contributed by atoms with Crippen molar-refractivity contribution in [3.8, 4) is 5.75 Å². The van der Waals surface area contributed by atoms with Crippen LogP contribution in [0.3, 0.4) is 0 Å².